The molecule has 0 saturated heterocycles. The molecule has 0 saturated carbocycles. The second kappa shape index (κ2) is 7.31. The number of allylic oxidation sites excluding steroid dienone is 2. The molecule has 0 bridgehead atoms. The summed E-state index contributed by atoms with van der Waals surface area (Å²) >= 11 is 5.76. The van der Waals surface area contributed by atoms with Gasteiger partial charge in [-0.1, -0.05) is 35.9 Å². The Bertz CT molecular complexity index is 510. The molecule has 0 heterocycles. The summed E-state index contributed by atoms with van der Waals surface area (Å²) < 4.78 is 4.74. The standard InChI is InChI=1S/C14H12ClNO2/c1-3-18-14(17)13(16-2)6-4-5-11-7-9-12(15)10-8-11/h4-10H,3H2,1H3/b5-4+,13-6-. The molecule has 1 rings (SSSR count). The van der Waals surface area contributed by atoms with Crippen molar-refractivity contribution in [2.75, 3.05) is 6.61 Å². The van der Waals surface area contributed by atoms with Gasteiger partial charge in [0, 0.05) is 5.02 Å². The second-order valence-electron chi connectivity index (χ2n) is 3.29. The van der Waals surface area contributed by atoms with Gasteiger partial charge in [0.15, 0.2) is 0 Å². The number of ether oxygens (including phenoxy) is 1. The normalized spacial score (nSPS) is 11.3. The Morgan fingerprint density at radius 3 is 2.67 bits per heavy atom. The molecule has 0 amide bonds. The summed E-state index contributed by atoms with van der Waals surface area (Å²) in [7, 11) is 0. The van der Waals surface area contributed by atoms with Crippen LogP contribution in [0.25, 0.3) is 10.9 Å². The Morgan fingerprint density at radius 1 is 1.44 bits per heavy atom. The van der Waals surface area contributed by atoms with Crippen LogP contribution in [0.5, 0.6) is 0 Å². The van der Waals surface area contributed by atoms with Gasteiger partial charge in [-0.15, -0.1) is 0 Å². The third-order valence-corrected chi connectivity index (χ3v) is 2.27. The minimum Gasteiger partial charge on any atom is -0.471 e. The molecular formula is C14H12ClNO2. The highest BCUT2D eigenvalue weighted by molar-refractivity contribution is 6.30. The zero-order valence-corrected chi connectivity index (χ0v) is 10.6. The summed E-state index contributed by atoms with van der Waals surface area (Å²) in [5, 5.41) is 0.663. The number of halogens is 1. The van der Waals surface area contributed by atoms with Crippen molar-refractivity contribution in [1.82, 2.24) is 0 Å². The van der Waals surface area contributed by atoms with Gasteiger partial charge < -0.3 is 4.74 Å². The van der Waals surface area contributed by atoms with E-state index in [2.05, 4.69) is 4.85 Å². The highest BCUT2D eigenvalue weighted by Crippen LogP contribution is 2.11. The first-order valence-corrected chi connectivity index (χ1v) is 5.73. The number of carbonyl (C=O) groups excluding carboxylic acids is 1. The van der Waals surface area contributed by atoms with Crippen molar-refractivity contribution in [1.29, 1.82) is 0 Å². The SMILES string of the molecule is [C-]#[N+]/C(=C\C=C\c1ccc(Cl)cc1)C(=O)OCC. The van der Waals surface area contributed by atoms with E-state index >= 15 is 0 Å². The molecule has 92 valence electrons. The molecule has 1 aromatic rings. The van der Waals surface area contributed by atoms with E-state index in [0.29, 0.717) is 5.02 Å². The van der Waals surface area contributed by atoms with Gasteiger partial charge in [0.2, 0.25) is 0 Å². The van der Waals surface area contributed by atoms with Gasteiger partial charge in [0.1, 0.15) is 0 Å². The predicted octanol–water partition coefficient (Wildman–Crippen LogP) is 3.72. The summed E-state index contributed by atoms with van der Waals surface area (Å²) in [6.07, 6.45) is 4.84. The number of hydrogen-bond donors (Lipinski definition) is 0. The Labute approximate surface area is 111 Å². The molecule has 0 radical (unpaired) electrons. The first-order valence-electron chi connectivity index (χ1n) is 5.36. The molecule has 3 nitrogen and oxygen atoms in total. The summed E-state index contributed by atoms with van der Waals surface area (Å²) in [5.74, 6) is -0.603. The minimum atomic E-state index is -0.603. The van der Waals surface area contributed by atoms with Crippen LogP contribution in [-0.4, -0.2) is 12.6 Å². The number of rotatable bonds is 4. The van der Waals surface area contributed by atoms with Gasteiger partial charge in [-0.3, -0.25) is 4.79 Å². The van der Waals surface area contributed by atoms with Crippen LogP contribution in [0.15, 0.2) is 42.1 Å². The third-order valence-electron chi connectivity index (χ3n) is 2.02. The van der Waals surface area contributed by atoms with E-state index in [-0.39, 0.29) is 12.3 Å². The van der Waals surface area contributed by atoms with Crippen molar-refractivity contribution in [2.45, 2.75) is 6.92 Å². The summed E-state index contributed by atoms with van der Waals surface area (Å²) in [6, 6.07) is 7.22. The number of benzene rings is 1. The molecule has 0 fully saturated rings. The predicted molar refractivity (Wildman–Crippen MR) is 71.8 cm³/mol. The maximum atomic E-state index is 11.3. The van der Waals surface area contributed by atoms with Crippen molar-refractivity contribution in [3.05, 3.63) is 64.1 Å². The smallest absolute Gasteiger partial charge is 0.336 e. The zero-order chi connectivity index (χ0) is 13.4. The van der Waals surface area contributed by atoms with E-state index in [4.69, 9.17) is 22.9 Å². The average Bonchev–Trinajstić information content (AvgIpc) is 2.37. The van der Waals surface area contributed by atoms with Crippen LogP contribution in [0.3, 0.4) is 0 Å². The van der Waals surface area contributed by atoms with Crippen LogP contribution >= 0.6 is 11.6 Å². The molecule has 18 heavy (non-hydrogen) atoms. The van der Waals surface area contributed by atoms with E-state index in [1.807, 2.05) is 12.1 Å². The van der Waals surface area contributed by atoms with Crippen LogP contribution < -0.4 is 0 Å². The lowest BCUT2D eigenvalue weighted by atomic mass is 10.2. The highest BCUT2D eigenvalue weighted by atomic mass is 35.5. The molecule has 1 aromatic carbocycles. The largest absolute Gasteiger partial charge is 0.471 e. The fourth-order valence-corrected chi connectivity index (χ4v) is 1.31. The van der Waals surface area contributed by atoms with Gasteiger partial charge in [-0.25, -0.2) is 4.85 Å². The van der Waals surface area contributed by atoms with Crippen LogP contribution in [0.4, 0.5) is 0 Å². The average molecular weight is 262 g/mol. The fourth-order valence-electron chi connectivity index (χ4n) is 1.18. The molecule has 0 N–H and O–H groups in total. The van der Waals surface area contributed by atoms with Crippen LogP contribution in [0, 0.1) is 6.57 Å². The number of hydrogen-bond acceptors (Lipinski definition) is 2. The van der Waals surface area contributed by atoms with Gasteiger partial charge in [-0.05, 0) is 30.7 Å². The monoisotopic (exact) mass is 261 g/mol. The molecule has 0 unspecified atom stereocenters. The van der Waals surface area contributed by atoms with E-state index in [1.54, 1.807) is 31.2 Å². The van der Waals surface area contributed by atoms with E-state index in [9.17, 15) is 4.79 Å². The Balaban J connectivity index is 2.75. The van der Waals surface area contributed by atoms with E-state index < -0.39 is 5.97 Å². The maximum Gasteiger partial charge on any atom is 0.336 e. The molecule has 0 atom stereocenters. The van der Waals surface area contributed by atoms with Crippen molar-refractivity contribution >= 4 is 23.6 Å². The quantitative estimate of drug-likeness (QED) is 0.358. The Hall–Kier alpha value is -2.05. The van der Waals surface area contributed by atoms with Gasteiger partial charge in [0.25, 0.3) is 5.70 Å². The lowest BCUT2D eigenvalue weighted by Crippen LogP contribution is -2.04. The summed E-state index contributed by atoms with van der Waals surface area (Å²) in [4.78, 5) is 14.4. The Kier molecular flexibility index (Phi) is 5.69. The van der Waals surface area contributed by atoms with Gasteiger partial charge >= 0.3 is 5.97 Å². The summed E-state index contributed by atoms with van der Waals surface area (Å²) in [5.41, 5.74) is 0.894. The van der Waals surface area contributed by atoms with Crippen molar-refractivity contribution in [3.8, 4) is 0 Å². The fraction of sp³-hybridized carbons (Fsp3) is 0.143. The number of nitrogens with zero attached hydrogens (tertiary/aromatic N) is 1. The number of esters is 1. The first-order chi connectivity index (χ1) is 8.67. The molecule has 0 spiro atoms. The van der Waals surface area contributed by atoms with Crippen molar-refractivity contribution in [2.24, 2.45) is 0 Å². The molecular weight excluding hydrogens is 250 g/mol. The van der Waals surface area contributed by atoms with E-state index in [0.717, 1.165) is 5.56 Å². The zero-order valence-electron chi connectivity index (χ0n) is 9.89. The molecule has 0 aliphatic rings. The lowest BCUT2D eigenvalue weighted by Gasteiger charge is -1.97. The van der Waals surface area contributed by atoms with Crippen molar-refractivity contribution in [3.63, 3.8) is 0 Å². The topological polar surface area (TPSA) is 30.7 Å². The molecule has 4 heteroatoms. The second-order valence-corrected chi connectivity index (χ2v) is 3.73. The van der Waals surface area contributed by atoms with Gasteiger partial charge in [0.05, 0.1) is 13.2 Å². The van der Waals surface area contributed by atoms with E-state index in [1.165, 1.54) is 6.08 Å². The highest BCUT2D eigenvalue weighted by Gasteiger charge is 2.08. The minimum absolute atomic E-state index is 0.0398. The molecule has 0 aliphatic carbocycles. The van der Waals surface area contributed by atoms with Crippen LogP contribution in [0.2, 0.25) is 5.02 Å². The van der Waals surface area contributed by atoms with Crippen LogP contribution in [-0.2, 0) is 9.53 Å². The lowest BCUT2D eigenvalue weighted by molar-refractivity contribution is -0.138. The van der Waals surface area contributed by atoms with Gasteiger partial charge in [-0.2, -0.15) is 0 Å². The Morgan fingerprint density at radius 2 is 2.11 bits per heavy atom. The van der Waals surface area contributed by atoms with Crippen LogP contribution in [0.1, 0.15) is 12.5 Å². The number of carbonyl (C=O) groups is 1. The maximum absolute atomic E-state index is 11.3. The first kappa shape index (κ1) is 14.0. The van der Waals surface area contributed by atoms with Crippen molar-refractivity contribution < 1.29 is 9.53 Å². The molecule has 0 aliphatic heterocycles. The molecule has 0 aromatic heterocycles. The summed E-state index contributed by atoms with van der Waals surface area (Å²) in [6.45, 7) is 8.84. The third kappa shape index (κ3) is 4.44.